The summed E-state index contributed by atoms with van der Waals surface area (Å²) >= 11 is 3.73. The van der Waals surface area contributed by atoms with Crippen LogP contribution in [0.5, 0.6) is 0 Å². The summed E-state index contributed by atoms with van der Waals surface area (Å²) < 4.78 is 0. The predicted octanol–water partition coefficient (Wildman–Crippen LogP) is 15.3. The van der Waals surface area contributed by atoms with E-state index >= 15 is 0 Å². The summed E-state index contributed by atoms with van der Waals surface area (Å²) in [6, 6.07) is 70.1. The fourth-order valence-corrected chi connectivity index (χ4v) is 9.83. The molecule has 10 rings (SSSR count). The first-order chi connectivity index (χ1) is 27.3. The molecule has 0 aliphatic rings. The molecule has 0 fully saturated rings. The third-order valence-electron chi connectivity index (χ3n) is 10.2. The van der Waals surface area contributed by atoms with Crippen molar-refractivity contribution in [3.63, 3.8) is 0 Å². The summed E-state index contributed by atoms with van der Waals surface area (Å²) in [6.07, 6.45) is 3.73. The first kappa shape index (κ1) is 33.0. The average Bonchev–Trinajstić information content (AvgIpc) is 3.96. The van der Waals surface area contributed by atoms with Gasteiger partial charge in [0.1, 0.15) is 0 Å². The van der Waals surface area contributed by atoms with Crippen molar-refractivity contribution in [2.24, 2.45) is 0 Å². The lowest BCUT2D eigenvalue weighted by molar-refractivity contribution is 1.23. The standard InChI is InChI=1S/C51H34N2S2/c1-4-13-36(14-5-1)46-28-30-48(54-46)50-42-20-10-11-21-43(42)51(49-31-29-47(55-49)37-15-6-2-7-16-37)45-33-38(24-27-44(45)50)35-22-25-40(26-23-35)53(39-17-8-3-9-18-39)41-19-12-32-52-34-41/h1-34H. The van der Waals surface area contributed by atoms with E-state index in [1.807, 2.05) is 41.1 Å². The van der Waals surface area contributed by atoms with Gasteiger partial charge in [-0.15, -0.1) is 22.7 Å². The van der Waals surface area contributed by atoms with E-state index in [1.165, 1.54) is 74.4 Å². The maximum absolute atomic E-state index is 4.43. The molecule has 0 saturated carbocycles. The molecule has 0 aliphatic carbocycles. The highest BCUT2D eigenvalue weighted by molar-refractivity contribution is 7.19. The smallest absolute Gasteiger partial charge is 0.0644 e. The Morgan fingerprint density at radius 2 is 0.800 bits per heavy atom. The number of anilines is 3. The Bertz CT molecular complexity index is 2860. The minimum Gasteiger partial charge on any atom is -0.309 e. The number of rotatable bonds is 8. The van der Waals surface area contributed by atoms with Gasteiger partial charge in [-0.2, -0.15) is 0 Å². The Labute approximate surface area is 328 Å². The third-order valence-corrected chi connectivity index (χ3v) is 12.5. The molecular weight excluding hydrogens is 705 g/mol. The van der Waals surface area contributed by atoms with Crippen molar-refractivity contribution in [3.8, 4) is 52.9 Å². The van der Waals surface area contributed by atoms with Gasteiger partial charge in [-0.3, -0.25) is 4.98 Å². The second-order valence-electron chi connectivity index (χ2n) is 13.5. The summed E-state index contributed by atoms with van der Waals surface area (Å²) in [4.78, 5) is 11.8. The molecule has 0 atom stereocenters. The first-order valence-electron chi connectivity index (χ1n) is 18.4. The molecule has 2 nitrogen and oxygen atoms in total. The Kier molecular flexibility index (Phi) is 8.60. The third kappa shape index (κ3) is 6.22. The summed E-state index contributed by atoms with van der Waals surface area (Å²) in [7, 11) is 0. The van der Waals surface area contributed by atoms with Crippen molar-refractivity contribution in [1.29, 1.82) is 0 Å². The van der Waals surface area contributed by atoms with Gasteiger partial charge in [0.05, 0.1) is 11.9 Å². The topological polar surface area (TPSA) is 16.1 Å². The monoisotopic (exact) mass is 738 g/mol. The van der Waals surface area contributed by atoms with Gasteiger partial charge in [0.2, 0.25) is 0 Å². The number of hydrogen-bond donors (Lipinski definition) is 0. The molecule has 3 heterocycles. The zero-order chi connectivity index (χ0) is 36.6. The van der Waals surface area contributed by atoms with Crippen molar-refractivity contribution in [3.05, 3.63) is 207 Å². The van der Waals surface area contributed by atoms with E-state index in [0.29, 0.717) is 0 Å². The summed E-state index contributed by atoms with van der Waals surface area (Å²) in [5.74, 6) is 0. The zero-order valence-electron chi connectivity index (χ0n) is 29.8. The fourth-order valence-electron chi connectivity index (χ4n) is 7.66. The van der Waals surface area contributed by atoms with Crippen molar-refractivity contribution in [1.82, 2.24) is 4.98 Å². The molecule has 0 saturated heterocycles. The van der Waals surface area contributed by atoms with Crippen LogP contribution in [0.25, 0.3) is 74.4 Å². The van der Waals surface area contributed by atoms with E-state index in [0.717, 1.165) is 17.1 Å². The van der Waals surface area contributed by atoms with Crippen LogP contribution in [0.2, 0.25) is 0 Å². The lowest BCUT2D eigenvalue weighted by atomic mass is 9.88. The lowest BCUT2D eigenvalue weighted by Gasteiger charge is -2.25. The van der Waals surface area contributed by atoms with Gasteiger partial charge in [0, 0.05) is 48.2 Å². The molecule has 55 heavy (non-hydrogen) atoms. The lowest BCUT2D eigenvalue weighted by Crippen LogP contribution is -2.09. The zero-order valence-corrected chi connectivity index (χ0v) is 31.5. The highest BCUT2D eigenvalue weighted by Crippen LogP contribution is 2.49. The Morgan fingerprint density at radius 3 is 1.38 bits per heavy atom. The minimum atomic E-state index is 1.02. The largest absolute Gasteiger partial charge is 0.309 e. The first-order valence-corrected chi connectivity index (χ1v) is 20.1. The molecule has 0 aliphatic heterocycles. The number of benzene rings is 7. The molecule has 0 bridgehead atoms. The van der Waals surface area contributed by atoms with E-state index in [-0.39, 0.29) is 0 Å². The fraction of sp³-hybridized carbons (Fsp3) is 0. The van der Waals surface area contributed by atoms with Crippen molar-refractivity contribution in [2.75, 3.05) is 4.90 Å². The number of pyridine rings is 1. The Hall–Kier alpha value is -6.59. The number of thiophene rings is 2. The number of aromatic nitrogens is 1. The van der Waals surface area contributed by atoms with Gasteiger partial charge >= 0.3 is 0 Å². The molecule has 10 aromatic rings. The van der Waals surface area contributed by atoms with Gasteiger partial charge < -0.3 is 4.90 Å². The summed E-state index contributed by atoms with van der Waals surface area (Å²) in [5, 5.41) is 5.06. The molecule has 260 valence electrons. The number of fused-ring (bicyclic) bond motifs is 2. The van der Waals surface area contributed by atoms with E-state index in [4.69, 9.17) is 0 Å². The van der Waals surface area contributed by atoms with Crippen LogP contribution in [0.3, 0.4) is 0 Å². The normalized spacial score (nSPS) is 11.3. The van der Waals surface area contributed by atoms with Crippen LogP contribution < -0.4 is 4.90 Å². The predicted molar refractivity (Wildman–Crippen MR) is 237 cm³/mol. The molecule has 0 N–H and O–H groups in total. The maximum Gasteiger partial charge on any atom is 0.0644 e. The average molecular weight is 739 g/mol. The van der Waals surface area contributed by atoms with Gasteiger partial charge in [-0.1, -0.05) is 127 Å². The molecule has 0 amide bonds. The Balaban J connectivity index is 1.15. The molecule has 7 aromatic carbocycles. The second kappa shape index (κ2) is 14.3. The molecule has 4 heteroatoms. The molecule has 3 aromatic heterocycles. The van der Waals surface area contributed by atoms with Gasteiger partial charge in [-0.25, -0.2) is 0 Å². The van der Waals surface area contributed by atoms with E-state index in [2.05, 4.69) is 198 Å². The highest BCUT2D eigenvalue weighted by atomic mass is 32.1. The highest BCUT2D eigenvalue weighted by Gasteiger charge is 2.20. The van der Waals surface area contributed by atoms with E-state index in [1.54, 1.807) is 0 Å². The van der Waals surface area contributed by atoms with Crippen LogP contribution in [-0.4, -0.2) is 4.98 Å². The van der Waals surface area contributed by atoms with E-state index in [9.17, 15) is 0 Å². The maximum atomic E-state index is 4.43. The van der Waals surface area contributed by atoms with Crippen LogP contribution in [0.15, 0.2) is 207 Å². The van der Waals surface area contributed by atoms with Gasteiger partial charge in [0.15, 0.2) is 0 Å². The quantitative estimate of drug-likeness (QED) is 0.144. The van der Waals surface area contributed by atoms with E-state index < -0.39 is 0 Å². The summed E-state index contributed by atoms with van der Waals surface area (Å²) in [5.41, 5.74) is 10.6. The summed E-state index contributed by atoms with van der Waals surface area (Å²) in [6.45, 7) is 0. The van der Waals surface area contributed by atoms with Crippen molar-refractivity contribution >= 4 is 61.3 Å². The van der Waals surface area contributed by atoms with Crippen molar-refractivity contribution < 1.29 is 0 Å². The number of nitrogens with zero attached hydrogens (tertiary/aromatic N) is 2. The minimum absolute atomic E-state index is 1.02. The second-order valence-corrected chi connectivity index (χ2v) is 15.7. The number of hydrogen-bond acceptors (Lipinski definition) is 4. The number of para-hydroxylation sites is 1. The van der Waals surface area contributed by atoms with Crippen LogP contribution in [0.4, 0.5) is 17.1 Å². The molecular formula is C51H34N2S2. The van der Waals surface area contributed by atoms with Crippen LogP contribution in [0, 0.1) is 0 Å². The SMILES string of the molecule is c1ccc(-c2ccc(-c3c4ccccc4c(-c4ccc(-c5ccccc5)s4)c4cc(-c5ccc(N(c6ccccc6)c6cccnc6)cc5)ccc34)s2)cc1. The van der Waals surface area contributed by atoms with Crippen LogP contribution in [-0.2, 0) is 0 Å². The van der Waals surface area contributed by atoms with Gasteiger partial charge in [0.25, 0.3) is 0 Å². The van der Waals surface area contributed by atoms with Crippen LogP contribution >= 0.6 is 22.7 Å². The van der Waals surface area contributed by atoms with Crippen LogP contribution in [0.1, 0.15) is 0 Å². The molecule has 0 radical (unpaired) electrons. The van der Waals surface area contributed by atoms with Gasteiger partial charge in [-0.05, 0) is 111 Å². The molecule has 0 unspecified atom stereocenters. The van der Waals surface area contributed by atoms with Crippen molar-refractivity contribution in [2.45, 2.75) is 0 Å². The Morgan fingerprint density at radius 1 is 0.327 bits per heavy atom. The molecule has 0 spiro atoms.